The summed E-state index contributed by atoms with van der Waals surface area (Å²) < 4.78 is 5.44. The zero-order valence-corrected chi connectivity index (χ0v) is 13.9. The van der Waals surface area contributed by atoms with Crippen molar-refractivity contribution in [2.75, 3.05) is 22.7 Å². The molecule has 1 aliphatic carbocycles. The van der Waals surface area contributed by atoms with E-state index in [2.05, 4.69) is 15.3 Å². The number of benzene rings is 1. The first-order valence-corrected chi connectivity index (χ1v) is 8.34. The van der Waals surface area contributed by atoms with Crippen LogP contribution in [0.3, 0.4) is 0 Å². The van der Waals surface area contributed by atoms with Gasteiger partial charge in [-0.05, 0) is 44.0 Å². The smallest absolute Gasteiger partial charge is 0.225 e. The van der Waals surface area contributed by atoms with E-state index in [9.17, 15) is 0 Å². The van der Waals surface area contributed by atoms with Crippen LogP contribution < -0.4 is 26.6 Å². The molecule has 3 rings (SSSR count). The number of nitrogens with one attached hydrogen (secondary N) is 1. The molecule has 2 aromatic rings. The first-order valence-electron chi connectivity index (χ1n) is 8.34. The Morgan fingerprint density at radius 2 is 1.96 bits per heavy atom. The Morgan fingerprint density at radius 1 is 1.25 bits per heavy atom. The quantitative estimate of drug-likeness (QED) is 0.553. The van der Waals surface area contributed by atoms with Crippen molar-refractivity contribution in [2.45, 2.75) is 38.6 Å². The second kappa shape index (κ2) is 7.35. The molecule has 7 heteroatoms. The van der Waals surface area contributed by atoms with E-state index < -0.39 is 0 Å². The van der Waals surface area contributed by atoms with Crippen LogP contribution in [0.1, 0.15) is 32.6 Å². The third-order valence-corrected chi connectivity index (χ3v) is 4.14. The Morgan fingerprint density at radius 3 is 2.62 bits per heavy atom. The van der Waals surface area contributed by atoms with Crippen molar-refractivity contribution in [3.63, 3.8) is 0 Å². The summed E-state index contributed by atoms with van der Waals surface area (Å²) in [6.07, 6.45) is 6.38. The van der Waals surface area contributed by atoms with Crippen molar-refractivity contribution in [3.8, 4) is 5.75 Å². The normalized spacial score (nSPS) is 14.6. The Balaban J connectivity index is 1.78. The number of hydrogen-bond donors (Lipinski definition) is 3. The third-order valence-electron chi connectivity index (χ3n) is 4.14. The van der Waals surface area contributed by atoms with Crippen LogP contribution in [-0.2, 0) is 0 Å². The lowest BCUT2D eigenvalue weighted by atomic mass is 10.2. The number of anilines is 4. The summed E-state index contributed by atoms with van der Waals surface area (Å²) in [6, 6.07) is 7.91. The van der Waals surface area contributed by atoms with Crippen LogP contribution in [0.25, 0.3) is 0 Å². The summed E-state index contributed by atoms with van der Waals surface area (Å²) in [7, 11) is 0. The average Bonchev–Trinajstić information content (AvgIpc) is 3.10. The lowest BCUT2D eigenvalue weighted by Gasteiger charge is -2.21. The molecule has 0 atom stereocenters. The SMILES string of the molecule is CCOc1ccc(N(N)c2nc(NC3CCCC3)ncc2N)cc1. The van der Waals surface area contributed by atoms with E-state index >= 15 is 0 Å². The summed E-state index contributed by atoms with van der Waals surface area (Å²) in [6.45, 7) is 2.57. The van der Waals surface area contributed by atoms with Gasteiger partial charge in [-0.2, -0.15) is 4.98 Å². The minimum absolute atomic E-state index is 0.429. The molecule has 0 spiro atoms. The van der Waals surface area contributed by atoms with E-state index in [1.165, 1.54) is 17.9 Å². The molecule has 0 unspecified atom stereocenters. The Labute approximate surface area is 142 Å². The molecule has 7 nitrogen and oxygen atoms in total. The number of rotatable bonds is 6. The first-order chi connectivity index (χ1) is 11.7. The molecular weight excluding hydrogens is 304 g/mol. The maximum absolute atomic E-state index is 6.21. The second-order valence-electron chi connectivity index (χ2n) is 5.90. The van der Waals surface area contributed by atoms with Gasteiger partial charge >= 0.3 is 0 Å². The number of nitrogens with two attached hydrogens (primary N) is 2. The Hall–Kier alpha value is -2.54. The highest BCUT2D eigenvalue weighted by Crippen LogP contribution is 2.28. The fraction of sp³-hybridized carbons (Fsp3) is 0.412. The topological polar surface area (TPSA) is 102 Å². The van der Waals surface area contributed by atoms with Crippen LogP contribution in [-0.4, -0.2) is 22.6 Å². The summed E-state index contributed by atoms with van der Waals surface area (Å²) in [5.74, 6) is 8.06. The highest BCUT2D eigenvalue weighted by atomic mass is 16.5. The molecule has 1 aromatic carbocycles. The summed E-state index contributed by atoms with van der Waals surface area (Å²) in [4.78, 5) is 8.76. The molecule has 0 aliphatic heterocycles. The summed E-state index contributed by atoms with van der Waals surface area (Å²) in [5.41, 5.74) is 7.22. The second-order valence-corrected chi connectivity index (χ2v) is 5.90. The standard InChI is InChI=1S/C17H24N6O/c1-2-24-14-9-7-13(8-10-14)23(19)16-15(18)11-20-17(22-16)21-12-5-3-4-6-12/h7-12H,2-6,18-19H2,1H3,(H,20,21,22). The van der Waals surface area contributed by atoms with Crippen LogP contribution >= 0.6 is 0 Å². The predicted molar refractivity (Wildman–Crippen MR) is 96.3 cm³/mol. The van der Waals surface area contributed by atoms with Crippen molar-refractivity contribution in [1.29, 1.82) is 0 Å². The van der Waals surface area contributed by atoms with Gasteiger partial charge in [0, 0.05) is 6.04 Å². The van der Waals surface area contributed by atoms with Crippen LogP contribution in [0.5, 0.6) is 5.75 Å². The van der Waals surface area contributed by atoms with E-state index in [-0.39, 0.29) is 0 Å². The number of hydrogen-bond acceptors (Lipinski definition) is 7. The molecule has 1 heterocycles. The minimum atomic E-state index is 0.429. The number of nitrogen functional groups attached to an aromatic ring is 1. The van der Waals surface area contributed by atoms with Gasteiger partial charge in [0.05, 0.1) is 24.2 Å². The van der Waals surface area contributed by atoms with Crippen LogP contribution in [0.15, 0.2) is 30.5 Å². The van der Waals surface area contributed by atoms with Crippen molar-refractivity contribution >= 4 is 23.1 Å². The molecule has 0 saturated heterocycles. The first kappa shape index (κ1) is 16.3. The number of aromatic nitrogens is 2. The van der Waals surface area contributed by atoms with Gasteiger partial charge in [-0.3, -0.25) is 5.01 Å². The number of nitrogens with zero attached hydrogens (tertiary/aromatic N) is 3. The fourth-order valence-corrected chi connectivity index (χ4v) is 2.89. The van der Waals surface area contributed by atoms with E-state index in [1.807, 2.05) is 31.2 Å². The van der Waals surface area contributed by atoms with E-state index in [0.717, 1.165) is 24.3 Å². The van der Waals surface area contributed by atoms with Crippen molar-refractivity contribution in [1.82, 2.24) is 9.97 Å². The zero-order chi connectivity index (χ0) is 16.9. The molecule has 1 fully saturated rings. The molecule has 128 valence electrons. The van der Waals surface area contributed by atoms with Gasteiger partial charge in [-0.15, -0.1) is 0 Å². The van der Waals surface area contributed by atoms with Crippen LogP contribution in [0.2, 0.25) is 0 Å². The molecular formula is C17H24N6O. The lowest BCUT2D eigenvalue weighted by Crippen LogP contribution is -2.28. The maximum Gasteiger partial charge on any atom is 0.225 e. The third kappa shape index (κ3) is 3.68. The van der Waals surface area contributed by atoms with Gasteiger partial charge in [0.1, 0.15) is 5.75 Å². The molecule has 0 amide bonds. The lowest BCUT2D eigenvalue weighted by molar-refractivity contribution is 0.340. The highest BCUT2D eigenvalue weighted by Gasteiger charge is 2.17. The Kier molecular flexibility index (Phi) is 5.00. The minimum Gasteiger partial charge on any atom is -0.494 e. The van der Waals surface area contributed by atoms with Gasteiger partial charge in [0.15, 0.2) is 5.82 Å². The molecule has 0 radical (unpaired) electrons. The van der Waals surface area contributed by atoms with E-state index in [4.69, 9.17) is 16.3 Å². The number of hydrazine groups is 1. The van der Waals surface area contributed by atoms with Crippen LogP contribution in [0, 0.1) is 0 Å². The van der Waals surface area contributed by atoms with E-state index in [1.54, 1.807) is 6.20 Å². The fourth-order valence-electron chi connectivity index (χ4n) is 2.89. The summed E-state index contributed by atoms with van der Waals surface area (Å²) >= 11 is 0. The Bertz CT molecular complexity index is 669. The van der Waals surface area contributed by atoms with Gasteiger partial charge in [-0.25, -0.2) is 10.8 Å². The number of ether oxygens (including phenoxy) is 1. The van der Waals surface area contributed by atoms with E-state index in [0.29, 0.717) is 30.1 Å². The molecule has 5 N–H and O–H groups in total. The van der Waals surface area contributed by atoms with Gasteiger partial charge in [0.25, 0.3) is 0 Å². The molecule has 1 aliphatic rings. The molecule has 24 heavy (non-hydrogen) atoms. The highest BCUT2D eigenvalue weighted by molar-refractivity contribution is 5.70. The largest absolute Gasteiger partial charge is 0.494 e. The van der Waals surface area contributed by atoms with Crippen molar-refractivity contribution < 1.29 is 4.74 Å². The van der Waals surface area contributed by atoms with Gasteiger partial charge in [-0.1, -0.05) is 12.8 Å². The average molecular weight is 328 g/mol. The van der Waals surface area contributed by atoms with Crippen LogP contribution in [0.4, 0.5) is 23.1 Å². The zero-order valence-electron chi connectivity index (χ0n) is 13.9. The monoisotopic (exact) mass is 328 g/mol. The van der Waals surface area contributed by atoms with Gasteiger partial charge in [0.2, 0.25) is 5.95 Å². The molecule has 0 bridgehead atoms. The molecule has 1 saturated carbocycles. The predicted octanol–water partition coefficient (Wildman–Crippen LogP) is 2.82. The van der Waals surface area contributed by atoms with Crippen molar-refractivity contribution in [3.05, 3.63) is 30.5 Å². The molecule has 1 aromatic heterocycles. The summed E-state index contributed by atoms with van der Waals surface area (Å²) in [5, 5.41) is 4.83. The van der Waals surface area contributed by atoms with Crippen molar-refractivity contribution in [2.24, 2.45) is 5.84 Å². The van der Waals surface area contributed by atoms with Gasteiger partial charge < -0.3 is 15.8 Å². The maximum atomic E-state index is 6.21.